The molecule has 0 aliphatic carbocycles. The average molecular weight is 463 g/mol. The summed E-state index contributed by atoms with van der Waals surface area (Å²) in [6, 6.07) is 14.5. The average Bonchev–Trinajstić information content (AvgIpc) is 3.31. The molecule has 34 heavy (non-hydrogen) atoms. The number of aliphatic hydroxyl groups is 1. The van der Waals surface area contributed by atoms with Crippen molar-refractivity contribution in [2.45, 2.75) is 18.9 Å². The van der Waals surface area contributed by atoms with Crippen molar-refractivity contribution in [3.05, 3.63) is 72.1 Å². The zero-order valence-corrected chi connectivity index (χ0v) is 18.3. The van der Waals surface area contributed by atoms with Crippen molar-refractivity contribution in [1.82, 2.24) is 10.3 Å². The molecule has 1 aromatic heterocycles. The summed E-state index contributed by atoms with van der Waals surface area (Å²) in [5.74, 6) is 0.784. The van der Waals surface area contributed by atoms with Gasteiger partial charge in [0, 0.05) is 24.6 Å². The smallest absolute Gasteiger partial charge is 0.319 e. The standard InChI is InChI=1S/C24H25N5O5/c25-17-4-1-2-5-19(17)28-23(31)20-9-7-15(13-26-20)18(6-3-11-30)29-24(32)27-16-8-10-21-22(12-16)34-14-33-21/h1-2,4-5,7-10,12-13,18,30H,3,6,11,14,25H2,(H,28,31)(H2,27,29,32). The topological polar surface area (TPSA) is 148 Å². The highest BCUT2D eigenvalue weighted by Gasteiger charge is 2.18. The number of nitrogen functional groups attached to an aromatic ring is 1. The first-order valence-corrected chi connectivity index (χ1v) is 10.7. The fourth-order valence-electron chi connectivity index (χ4n) is 3.46. The molecule has 1 aliphatic heterocycles. The van der Waals surface area contributed by atoms with Crippen LogP contribution in [-0.4, -0.2) is 35.4 Å². The number of carbonyl (C=O) groups is 2. The second-order valence-electron chi connectivity index (χ2n) is 7.60. The first-order chi connectivity index (χ1) is 16.5. The maximum atomic E-state index is 12.6. The Labute approximate surface area is 196 Å². The lowest BCUT2D eigenvalue weighted by molar-refractivity contribution is 0.102. The molecule has 0 fully saturated rings. The Hall–Kier alpha value is -4.31. The number of pyridine rings is 1. The molecule has 3 amide bonds. The maximum absolute atomic E-state index is 12.6. The number of nitrogens with one attached hydrogen (secondary N) is 3. The van der Waals surface area contributed by atoms with E-state index in [1.807, 2.05) is 0 Å². The van der Waals surface area contributed by atoms with Crippen LogP contribution in [0, 0.1) is 0 Å². The normalized spacial score (nSPS) is 12.6. The predicted molar refractivity (Wildman–Crippen MR) is 127 cm³/mol. The van der Waals surface area contributed by atoms with E-state index in [1.165, 1.54) is 6.20 Å². The summed E-state index contributed by atoms with van der Waals surface area (Å²) < 4.78 is 10.6. The van der Waals surface area contributed by atoms with E-state index in [4.69, 9.17) is 15.2 Å². The number of urea groups is 1. The van der Waals surface area contributed by atoms with Gasteiger partial charge < -0.3 is 36.3 Å². The molecule has 4 rings (SSSR count). The van der Waals surface area contributed by atoms with Crippen LogP contribution in [-0.2, 0) is 0 Å². The largest absolute Gasteiger partial charge is 0.454 e. The van der Waals surface area contributed by atoms with Gasteiger partial charge in [0.05, 0.1) is 17.4 Å². The van der Waals surface area contributed by atoms with Crippen molar-refractivity contribution in [3.63, 3.8) is 0 Å². The molecular formula is C24H25N5O5. The summed E-state index contributed by atoms with van der Waals surface area (Å²) >= 11 is 0. The molecule has 1 atom stereocenters. The van der Waals surface area contributed by atoms with Crippen LogP contribution in [0.15, 0.2) is 60.8 Å². The van der Waals surface area contributed by atoms with Gasteiger partial charge >= 0.3 is 6.03 Å². The number of amides is 3. The number of hydrogen-bond donors (Lipinski definition) is 5. The zero-order valence-electron chi connectivity index (χ0n) is 18.3. The van der Waals surface area contributed by atoms with E-state index >= 15 is 0 Å². The van der Waals surface area contributed by atoms with E-state index in [0.29, 0.717) is 47.0 Å². The van der Waals surface area contributed by atoms with Crippen LogP contribution >= 0.6 is 0 Å². The number of rotatable bonds is 8. The summed E-state index contributed by atoms with van der Waals surface area (Å²) in [7, 11) is 0. The summed E-state index contributed by atoms with van der Waals surface area (Å²) in [4.78, 5) is 29.4. The van der Waals surface area contributed by atoms with E-state index < -0.39 is 18.0 Å². The Bertz CT molecular complexity index is 1170. The molecule has 0 radical (unpaired) electrons. The van der Waals surface area contributed by atoms with Crippen molar-refractivity contribution in [2.24, 2.45) is 0 Å². The zero-order chi connectivity index (χ0) is 23.9. The van der Waals surface area contributed by atoms with Crippen LogP contribution in [0.4, 0.5) is 21.9 Å². The first-order valence-electron chi connectivity index (χ1n) is 10.7. The van der Waals surface area contributed by atoms with Crippen LogP contribution in [0.2, 0.25) is 0 Å². The number of ether oxygens (including phenoxy) is 2. The van der Waals surface area contributed by atoms with Gasteiger partial charge in [0.2, 0.25) is 6.79 Å². The molecule has 0 saturated carbocycles. The van der Waals surface area contributed by atoms with Gasteiger partial charge in [-0.3, -0.25) is 9.78 Å². The van der Waals surface area contributed by atoms with Crippen molar-refractivity contribution < 1.29 is 24.2 Å². The Kier molecular flexibility index (Phi) is 7.09. The third-order valence-corrected chi connectivity index (χ3v) is 5.22. The number of fused-ring (bicyclic) bond motifs is 1. The van der Waals surface area contributed by atoms with Gasteiger partial charge in [0.15, 0.2) is 11.5 Å². The number of carbonyl (C=O) groups excluding carboxylic acids is 2. The van der Waals surface area contributed by atoms with Gasteiger partial charge in [-0.1, -0.05) is 18.2 Å². The molecule has 10 nitrogen and oxygen atoms in total. The van der Waals surface area contributed by atoms with Gasteiger partial charge in [-0.25, -0.2) is 4.79 Å². The highest BCUT2D eigenvalue weighted by Crippen LogP contribution is 2.34. The molecule has 10 heteroatoms. The minimum atomic E-state index is -0.428. The lowest BCUT2D eigenvalue weighted by atomic mass is 10.0. The summed E-state index contributed by atoms with van der Waals surface area (Å²) in [5.41, 5.74) is 8.28. The molecule has 0 saturated heterocycles. The number of anilines is 3. The number of benzene rings is 2. The number of nitrogens with zero attached hydrogens (tertiary/aromatic N) is 1. The molecule has 0 spiro atoms. The highest BCUT2D eigenvalue weighted by atomic mass is 16.7. The van der Waals surface area contributed by atoms with Gasteiger partial charge in [0.1, 0.15) is 5.69 Å². The summed E-state index contributed by atoms with van der Waals surface area (Å²) in [6.07, 6.45) is 2.50. The molecule has 2 aromatic carbocycles. The fraction of sp³-hybridized carbons (Fsp3) is 0.208. The summed E-state index contributed by atoms with van der Waals surface area (Å²) in [6.45, 7) is 0.127. The van der Waals surface area contributed by atoms with Crippen molar-refractivity contribution in [2.75, 3.05) is 29.8 Å². The minimum absolute atomic E-state index is 0.0195. The molecule has 176 valence electrons. The lowest BCUT2D eigenvalue weighted by Gasteiger charge is -2.19. The number of para-hydroxylation sites is 2. The lowest BCUT2D eigenvalue weighted by Crippen LogP contribution is -2.33. The molecule has 1 aliphatic rings. The van der Waals surface area contributed by atoms with Crippen molar-refractivity contribution in [1.29, 1.82) is 0 Å². The SMILES string of the molecule is Nc1ccccc1NC(=O)c1ccc(C(CCCO)NC(=O)Nc2ccc3c(c2)OCO3)cn1. The Morgan fingerprint density at radius 2 is 1.88 bits per heavy atom. The quantitative estimate of drug-likeness (QED) is 0.322. The van der Waals surface area contributed by atoms with Crippen LogP contribution in [0.3, 0.4) is 0 Å². The van der Waals surface area contributed by atoms with Gasteiger partial charge in [-0.2, -0.15) is 0 Å². The highest BCUT2D eigenvalue weighted by molar-refractivity contribution is 6.04. The summed E-state index contributed by atoms with van der Waals surface area (Å²) in [5, 5.41) is 17.7. The predicted octanol–water partition coefficient (Wildman–Crippen LogP) is 3.28. The molecule has 6 N–H and O–H groups in total. The van der Waals surface area contributed by atoms with Crippen molar-refractivity contribution in [3.8, 4) is 11.5 Å². The number of aliphatic hydroxyl groups excluding tert-OH is 1. The van der Waals surface area contributed by atoms with Crippen LogP contribution in [0.1, 0.15) is 34.9 Å². The van der Waals surface area contributed by atoms with E-state index in [2.05, 4.69) is 20.9 Å². The number of nitrogens with two attached hydrogens (primary N) is 1. The monoisotopic (exact) mass is 463 g/mol. The van der Waals surface area contributed by atoms with Crippen LogP contribution in [0.5, 0.6) is 11.5 Å². The minimum Gasteiger partial charge on any atom is -0.454 e. The third-order valence-electron chi connectivity index (χ3n) is 5.22. The Morgan fingerprint density at radius 3 is 2.65 bits per heavy atom. The van der Waals surface area contributed by atoms with E-state index in [9.17, 15) is 14.7 Å². The van der Waals surface area contributed by atoms with E-state index in [0.717, 1.165) is 0 Å². The Balaban J connectivity index is 1.41. The maximum Gasteiger partial charge on any atom is 0.319 e. The van der Waals surface area contributed by atoms with Crippen LogP contribution in [0.25, 0.3) is 0 Å². The third kappa shape index (κ3) is 5.54. The fourth-order valence-corrected chi connectivity index (χ4v) is 3.46. The van der Waals surface area contributed by atoms with Gasteiger partial charge in [0.25, 0.3) is 5.91 Å². The van der Waals surface area contributed by atoms with Gasteiger partial charge in [-0.05, 0) is 48.7 Å². The molecule has 0 bridgehead atoms. The van der Waals surface area contributed by atoms with Gasteiger partial charge in [-0.15, -0.1) is 0 Å². The number of hydrogen-bond acceptors (Lipinski definition) is 7. The van der Waals surface area contributed by atoms with Crippen molar-refractivity contribution >= 4 is 29.0 Å². The second-order valence-corrected chi connectivity index (χ2v) is 7.60. The van der Waals surface area contributed by atoms with E-state index in [-0.39, 0.29) is 19.1 Å². The number of aromatic nitrogens is 1. The van der Waals surface area contributed by atoms with E-state index in [1.54, 1.807) is 54.6 Å². The Morgan fingerprint density at radius 1 is 1.06 bits per heavy atom. The molecule has 1 unspecified atom stereocenters. The molecule has 3 aromatic rings. The molecular weight excluding hydrogens is 438 g/mol. The second kappa shape index (κ2) is 10.5. The molecule has 2 heterocycles. The van der Waals surface area contributed by atoms with Crippen LogP contribution < -0.4 is 31.2 Å². The first kappa shape index (κ1) is 22.9.